The molecule has 1 heterocycles. The number of anilines is 3. The number of hydrogen-bond acceptors (Lipinski definition) is 2. The minimum absolute atomic E-state index is 0.867. The average Bonchev–Trinajstić information content (AvgIpc) is 3.66. The molecule has 0 saturated heterocycles. The molecule has 0 aliphatic carbocycles. The average molecular weight is 714 g/mol. The van der Waals surface area contributed by atoms with Gasteiger partial charge in [-0.25, -0.2) is 0 Å². The van der Waals surface area contributed by atoms with Crippen LogP contribution in [0.3, 0.4) is 0 Å². The van der Waals surface area contributed by atoms with Crippen molar-refractivity contribution in [3.05, 3.63) is 212 Å². The molecule has 0 unspecified atom stereocenters. The molecule has 0 bridgehead atoms. The minimum atomic E-state index is 0.867. The van der Waals surface area contributed by atoms with Crippen molar-refractivity contribution in [3.8, 4) is 33.4 Å². The van der Waals surface area contributed by atoms with Crippen LogP contribution in [0.1, 0.15) is 0 Å². The van der Waals surface area contributed by atoms with Gasteiger partial charge in [0.05, 0.1) is 16.8 Å². The van der Waals surface area contributed by atoms with Crippen LogP contribution in [0.2, 0.25) is 0 Å². The Kier molecular flexibility index (Phi) is 7.53. The molecule has 0 amide bonds. The van der Waals surface area contributed by atoms with Crippen LogP contribution in [0.25, 0.3) is 87.6 Å². The number of benzene rings is 10. The largest absolute Gasteiger partial charge is 0.456 e. The molecular formula is C54H35NO. The van der Waals surface area contributed by atoms with Crippen LogP contribution in [-0.4, -0.2) is 0 Å². The van der Waals surface area contributed by atoms with E-state index in [9.17, 15) is 0 Å². The van der Waals surface area contributed by atoms with Gasteiger partial charge in [-0.3, -0.25) is 0 Å². The van der Waals surface area contributed by atoms with Gasteiger partial charge in [0.1, 0.15) is 11.2 Å². The lowest BCUT2D eigenvalue weighted by Gasteiger charge is -2.29. The Balaban J connectivity index is 1.06. The summed E-state index contributed by atoms with van der Waals surface area (Å²) in [5.74, 6) is 0. The third-order valence-corrected chi connectivity index (χ3v) is 11.3. The van der Waals surface area contributed by atoms with Crippen molar-refractivity contribution in [1.29, 1.82) is 0 Å². The van der Waals surface area contributed by atoms with Crippen molar-refractivity contribution >= 4 is 71.3 Å². The molecule has 56 heavy (non-hydrogen) atoms. The Labute approximate surface area is 325 Å². The Morgan fingerprint density at radius 2 is 0.821 bits per heavy atom. The number of para-hydroxylation sites is 2. The van der Waals surface area contributed by atoms with Gasteiger partial charge in [0.25, 0.3) is 0 Å². The van der Waals surface area contributed by atoms with E-state index in [-0.39, 0.29) is 0 Å². The zero-order valence-corrected chi connectivity index (χ0v) is 30.6. The van der Waals surface area contributed by atoms with E-state index in [4.69, 9.17) is 4.42 Å². The number of fused-ring (bicyclic) bond motifs is 7. The molecule has 0 spiro atoms. The maximum atomic E-state index is 6.43. The maximum absolute atomic E-state index is 6.43. The molecule has 0 N–H and O–H groups in total. The lowest BCUT2D eigenvalue weighted by molar-refractivity contribution is 0.669. The zero-order valence-electron chi connectivity index (χ0n) is 30.6. The summed E-state index contributed by atoms with van der Waals surface area (Å²) in [5, 5.41) is 9.70. The predicted octanol–water partition coefficient (Wildman–Crippen LogP) is 15.5. The molecule has 11 rings (SSSR count). The first kappa shape index (κ1) is 32.0. The van der Waals surface area contributed by atoms with E-state index in [1.165, 1.54) is 60.1 Å². The molecule has 0 fully saturated rings. The van der Waals surface area contributed by atoms with Gasteiger partial charge in [-0.05, 0) is 103 Å². The molecule has 2 heteroatoms. The summed E-state index contributed by atoms with van der Waals surface area (Å²) in [5.41, 5.74) is 12.1. The highest BCUT2D eigenvalue weighted by Crippen LogP contribution is 2.46. The van der Waals surface area contributed by atoms with Crippen molar-refractivity contribution < 1.29 is 4.42 Å². The van der Waals surface area contributed by atoms with Crippen molar-refractivity contribution in [2.24, 2.45) is 0 Å². The molecule has 0 aliphatic heterocycles. The van der Waals surface area contributed by atoms with Crippen LogP contribution in [0, 0.1) is 0 Å². The molecule has 0 radical (unpaired) electrons. The highest BCUT2D eigenvalue weighted by Gasteiger charge is 2.22. The third-order valence-electron chi connectivity index (χ3n) is 11.3. The van der Waals surface area contributed by atoms with E-state index in [0.29, 0.717) is 0 Å². The van der Waals surface area contributed by atoms with Gasteiger partial charge in [-0.2, -0.15) is 0 Å². The normalized spacial score (nSPS) is 11.6. The van der Waals surface area contributed by atoms with E-state index in [1.807, 2.05) is 6.07 Å². The van der Waals surface area contributed by atoms with E-state index < -0.39 is 0 Å². The van der Waals surface area contributed by atoms with E-state index >= 15 is 0 Å². The van der Waals surface area contributed by atoms with Crippen LogP contribution in [0.15, 0.2) is 217 Å². The smallest absolute Gasteiger partial charge is 0.137 e. The van der Waals surface area contributed by atoms with E-state index in [0.717, 1.165) is 44.6 Å². The Bertz CT molecular complexity index is 3240. The molecular weight excluding hydrogens is 679 g/mol. The topological polar surface area (TPSA) is 16.4 Å². The summed E-state index contributed by atoms with van der Waals surface area (Å²) >= 11 is 0. The summed E-state index contributed by atoms with van der Waals surface area (Å²) in [6, 6.07) is 76.5. The monoisotopic (exact) mass is 713 g/mol. The molecule has 2 nitrogen and oxygen atoms in total. The maximum Gasteiger partial charge on any atom is 0.137 e. The first-order chi connectivity index (χ1) is 27.8. The Morgan fingerprint density at radius 3 is 1.64 bits per heavy atom. The molecule has 1 aromatic heterocycles. The van der Waals surface area contributed by atoms with Crippen LogP contribution >= 0.6 is 0 Å². The van der Waals surface area contributed by atoms with Crippen molar-refractivity contribution in [2.75, 3.05) is 4.90 Å². The number of nitrogens with zero attached hydrogens (tertiary/aromatic N) is 1. The van der Waals surface area contributed by atoms with E-state index in [1.54, 1.807) is 0 Å². The molecule has 10 aromatic carbocycles. The quantitative estimate of drug-likeness (QED) is 0.160. The number of rotatable bonds is 6. The fourth-order valence-corrected chi connectivity index (χ4v) is 8.55. The second-order valence-electron chi connectivity index (χ2n) is 14.5. The van der Waals surface area contributed by atoms with Gasteiger partial charge in [-0.1, -0.05) is 170 Å². The number of hydrogen-bond donors (Lipinski definition) is 0. The third kappa shape index (κ3) is 5.34. The molecule has 262 valence electrons. The SMILES string of the molecule is c1ccc(N(c2ccc(-c3ccc(-c4cccc5ccccc45)cc3)cc2)c2cccc3oc4ccccc4c23)c(-c2ccc3ccc4ccccc4c3c2)c1. The fraction of sp³-hybridized carbons (Fsp3) is 0. The summed E-state index contributed by atoms with van der Waals surface area (Å²) in [6.45, 7) is 0. The summed E-state index contributed by atoms with van der Waals surface area (Å²) in [4.78, 5) is 2.40. The number of furan rings is 1. The Hall–Kier alpha value is -7.42. The van der Waals surface area contributed by atoms with E-state index in [2.05, 4.69) is 211 Å². The van der Waals surface area contributed by atoms with Crippen LogP contribution in [0.5, 0.6) is 0 Å². The second-order valence-corrected chi connectivity index (χ2v) is 14.5. The Morgan fingerprint density at radius 1 is 0.304 bits per heavy atom. The van der Waals surface area contributed by atoms with Gasteiger partial charge >= 0.3 is 0 Å². The highest BCUT2D eigenvalue weighted by molar-refractivity contribution is 6.14. The molecule has 0 atom stereocenters. The van der Waals surface area contributed by atoms with Gasteiger partial charge in [0.2, 0.25) is 0 Å². The van der Waals surface area contributed by atoms with Crippen molar-refractivity contribution in [3.63, 3.8) is 0 Å². The second kappa shape index (κ2) is 13.2. The lowest BCUT2D eigenvalue weighted by Crippen LogP contribution is -2.11. The fourth-order valence-electron chi connectivity index (χ4n) is 8.55. The molecule has 0 saturated carbocycles. The predicted molar refractivity (Wildman–Crippen MR) is 237 cm³/mol. The van der Waals surface area contributed by atoms with Gasteiger partial charge in [0, 0.05) is 16.6 Å². The summed E-state index contributed by atoms with van der Waals surface area (Å²) < 4.78 is 6.43. The van der Waals surface area contributed by atoms with Crippen LogP contribution in [-0.2, 0) is 0 Å². The van der Waals surface area contributed by atoms with Crippen LogP contribution < -0.4 is 4.90 Å². The molecule has 11 aromatic rings. The first-order valence-electron chi connectivity index (χ1n) is 19.2. The summed E-state index contributed by atoms with van der Waals surface area (Å²) in [6.07, 6.45) is 0. The van der Waals surface area contributed by atoms with Crippen molar-refractivity contribution in [2.45, 2.75) is 0 Å². The highest BCUT2D eigenvalue weighted by atomic mass is 16.3. The lowest BCUT2D eigenvalue weighted by atomic mass is 9.95. The van der Waals surface area contributed by atoms with Gasteiger partial charge in [-0.15, -0.1) is 0 Å². The molecule has 0 aliphatic rings. The minimum Gasteiger partial charge on any atom is -0.456 e. The standard InChI is InChI=1S/C54H35NO/c1-3-14-44-38(11-1)13-9-18-45(44)40-25-23-36(24-26-40)37-31-33-43(34-32-37)55(51-20-10-22-53-54(51)48-17-6-8-21-52(48)56-53)50-19-7-5-16-47(50)42-30-29-41-28-27-39-12-2-4-15-46(39)49(41)35-42/h1-35H. The summed E-state index contributed by atoms with van der Waals surface area (Å²) in [7, 11) is 0. The van der Waals surface area contributed by atoms with Gasteiger partial charge in [0.15, 0.2) is 0 Å². The zero-order chi connectivity index (χ0) is 37.0. The first-order valence-corrected chi connectivity index (χ1v) is 19.2. The van der Waals surface area contributed by atoms with Crippen molar-refractivity contribution in [1.82, 2.24) is 0 Å². The van der Waals surface area contributed by atoms with Crippen LogP contribution in [0.4, 0.5) is 17.1 Å². The van der Waals surface area contributed by atoms with Gasteiger partial charge < -0.3 is 9.32 Å².